The van der Waals surface area contributed by atoms with Crippen LogP contribution in [0.4, 0.5) is 0 Å². The van der Waals surface area contributed by atoms with Crippen molar-refractivity contribution in [2.24, 2.45) is 0 Å². The highest BCUT2D eigenvalue weighted by Crippen LogP contribution is 2.16. The Morgan fingerprint density at radius 3 is 2.69 bits per heavy atom. The molecule has 0 bridgehead atoms. The predicted molar refractivity (Wildman–Crippen MR) is 65.5 cm³/mol. The van der Waals surface area contributed by atoms with Crippen LogP contribution in [0.2, 0.25) is 5.28 Å². The summed E-state index contributed by atoms with van der Waals surface area (Å²) in [7, 11) is 0. The maximum absolute atomic E-state index is 5.75. The molecule has 1 fully saturated rings. The average Bonchev–Trinajstić information content (AvgIpc) is 2.17. The van der Waals surface area contributed by atoms with Gasteiger partial charge in [-0.15, -0.1) is 12.4 Å². The van der Waals surface area contributed by atoms with Crippen LogP contribution in [0.5, 0.6) is 5.88 Å². The van der Waals surface area contributed by atoms with Crippen molar-refractivity contribution in [3.63, 3.8) is 0 Å². The number of nitrogens with zero attached hydrogens (tertiary/aromatic N) is 2. The van der Waals surface area contributed by atoms with Crippen LogP contribution in [0.1, 0.15) is 18.5 Å². The van der Waals surface area contributed by atoms with E-state index in [0.717, 1.165) is 31.6 Å². The lowest BCUT2D eigenvalue weighted by Gasteiger charge is -2.23. The second-order valence-electron chi connectivity index (χ2n) is 3.68. The molecule has 1 aromatic heterocycles. The van der Waals surface area contributed by atoms with Gasteiger partial charge in [0.05, 0.1) is 0 Å². The summed E-state index contributed by atoms with van der Waals surface area (Å²) < 4.78 is 5.74. The van der Waals surface area contributed by atoms with Crippen molar-refractivity contribution < 1.29 is 4.74 Å². The van der Waals surface area contributed by atoms with Gasteiger partial charge < -0.3 is 10.1 Å². The van der Waals surface area contributed by atoms with Gasteiger partial charge >= 0.3 is 0 Å². The first-order valence-corrected chi connectivity index (χ1v) is 5.50. The van der Waals surface area contributed by atoms with Gasteiger partial charge in [0, 0.05) is 11.8 Å². The van der Waals surface area contributed by atoms with E-state index < -0.39 is 0 Å². The highest BCUT2D eigenvalue weighted by Gasteiger charge is 2.15. The molecule has 4 nitrogen and oxygen atoms in total. The van der Waals surface area contributed by atoms with Gasteiger partial charge in [0.2, 0.25) is 11.2 Å². The average molecular weight is 264 g/mol. The van der Waals surface area contributed by atoms with Crippen LogP contribution in [0.15, 0.2) is 6.07 Å². The van der Waals surface area contributed by atoms with Crippen molar-refractivity contribution in [3.8, 4) is 5.88 Å². The van der Waals surface area contributed by atoms with E-state index in [1.165, 1.54) is 0 Å². The molecule has 0 atom stereocenters. The highest BCUT2D eigenvalue weighted by atomic mass is 35.5. The Labute approximate surface area is 106 Å². The van der Waals surface area contributed by atoms with Crippen molar-refractivity contribution >= 4 is 24.0 Å². The molecule has 1 aliphatic heterocycles. The normalized spacial score (nSPS) is 16.6. The number of halogens is 2. The van der Waals surface area contributed by atoms with E-state index in [-0.39, 0.29) is 23.8 Å². The molecule has 0 saturated carbocycles. The van der Waals surface area contributed by atoms with Crippen molar-refractivity contribution in [2.75, 3.05) is 13.1 Å². The fourth-order valence-electron chi connectivity index (χ4n) is 1.65. The molecule has 0 amide bonds. The molecule has 6 heteroatoms. The zero-order valence-electron chi connectivity index (χ0n) is 9.07. The monoisotopic (exact) mass is 263 g/mol. The second kappa shape index (κ2) is 6.23. The Kier molecular flexibility index (Phi) is 5.25. The Balaban J connectivity index is 0.00000128. The molecule has 16 heavy (non-hydrogen) atoms. The molecule has 0 aliphatic carbocycles. The first-order chi connectivity index (χ1) is 7.24. The topological polar surface area (TPSA) is 47.0 Å². The zero-order chi connectivity index (χ0) is 10.7. The summed E-state index contributed by atoms with van der Waals surface area (Å²) in [5.41, 5.74) is 0.832. The summed E-state index contributed by atoms with van der Waals surface area (Å²) in [6.45, 7) is 3.88. The van der Waals surface area contributed by atoms with E-state index in [0.29, 0.717) is 5.88 Å². The summed E-state index contributed by atoms with van der Waals surface area (Å²) in [5.74, 6) is 0.583. The molecule has 90 valence electrons. The number of hydrogen-bond acceptors (Lipinski definition) is 4. The van der Waals surface area contributed by atoms with Gasteiger partial charge in [-0.2, -0.15) is 4.98 Å². The summed E-state index contributed by atoms with van der Waals surface area (Å²) in [4.78, 5) is 8.03. The number of hydrogen-bond donors (Lipinski definition) is 1. The van der Waals surface area contributed by atoms with Crippen LogP contribution in [0.25, 0.3) is 0 Å². The van der Waals surface area contributed by atoms with Gasteiger partial charge in [0.25, 0.3) is 0 Å². The van der Waals surface area contributed by atoms with Gasteiger partial charge in [-0.05, 0) is 44.5 Å². The minimum atomic E-state index is 0. The number of ether oxygens (including phenoxy) is 1. The smallest absolute Gasteiger partial charge is 0.225 e. The predicted octanol–water partition coefficient (Wildman–Crippen LogP) is 1.99. The first-order valence-electron chi connectivity index (χ1n) is 5.12. The molecule has 0 radical (unpaired) electrons. The SMILES string of the molecule is Cc1cc(OC2CCNCC2)nc(Cl)n1.Cl. The van der Waals surface area contributed by atoms with Crippen molar-refractivity contribution in [3.05, 3.63) is 17.0 Å². The quantitative estimate of drug-likeness (QED) is 0.830. The maximum atomic E-state index is 5.75. The van der Waals surface area contributed by atoms with E-state index in [4.69, 9.17) is 16.3 Å². The largest absolute Gasteiger partial charge is 0.474 e. The summed E-state index contributed by atoms with van der Waals surface area (Å²) in [5, 5.41) is 3.53. The van der Waals surface area contributed by atoms with Crippen LogP contribution in [-0.4, -0.2) is 29.2 Å². The fourth-order valence-corrected chi connectivity index (χ4v) is 1.87. The summed E-state index contributed by atoms with van der Waals surface area (Å²) in [6, 6.07) is 1.81. The molecule has 0 aromatic carbocycles. The third-order valence-corrected chi connectivity index (χ3v) is 2.55. The molecule has 1 saturated heterocycles. The molecule has 0 spiro atoms. The second-order valence-corrected chi connectivity index (χ2v) is 4.02. The van der Waals surface area contributed by atoms with Crippen LogP contribution in [0, 0.1) is 6.92 Å². The zero-order valence-corrected chi connectivity index (χ0v) is 10.6. The van der Waals surface area contributed by atoms with Gasteiger partial charge in [-0.1, -0.05) is 0 Å². The summed E-state index contributed by atoms with van der Waals surface area (Å²) in [6.07, 6.45) is 2.28. The Hall–Kier alpha value is -0.580. The van der Waals surface area contributed by atoms with E-state index in [1.54, 1.807) is 0 Å². The third-order valence-electron chi connectivity index (χ3n) is 2.38. The molecular weight excluding hydrogens is 249 g/mol. The lowest BCUT2D eigenvalue weighted by Crippen LogP contribution is -2.34. The molecule has 1 aliphatic rings. The van der Waals surface area contributed by atoms with Crippen LogP contribution < -0.4 is 10.1 Å². The minimum Gasteiger partial charge on any atom is -0.474 e. The highest BCUT2D eigenvalue weighted by molar-refractivity contribution is 6.28. The summed E-state index contributed by atoms with van der Waals surface area (Å²) >= 11 is 5.75. The third kappa shape index (κ3) is 3.77. The van der Waals surface area contributed by atoms with Crippen molar-refractivity contribution in [1.29, 1.82) is 0 Å². The molecular formula is C10H15Cl2N3O. The van der Waals surface area contributed by atoms with Crippen molar-refractivity contribution in [2.45, 2.75) is 25.9 Å². The van der Waals surface area contributed by atoms with Crippen LogP contribution >= 0.6 is 24.0 Å². The van der Waals surface area contributed by atoms with Gasteiger partial charge in [-0.25, -0.2) is 4.98 Å². The van der Waals surface area contributed by atoms with E-state index in [1.807, 2.05) is 13.0 Å². The Morgan fingerprint density at radius 1 is 1.38 bits per heavy atom. The lowest BCUT2D eigenvalue weighted by atomic mass is 10.1. The Morgan fingerprint density at radius 2 is 2.06 bits per heavy atom. The number of rotatable bonds is 2. The number of nitrogens with one attached hydrogen (secondary N) is 1. The standard InChI is InChI=1S/C10H14ClN3O.ClH/c1-7-6-9(14-10(11)13-7)15-8-2-4-12-5-3-8;/h6,8,12H,2-5H2,1H3;1H. The molecule has 2 heterocycles. The van der Waals surface area contributed by atoms with Crippen molar-refractivity contribution in [1.82, 2.24) is 15.3 Å². The number of aryl methyl sites for hydroxylation is 1. The van der Waals surface area contributed by atoms with E-state index in [9.17, 15) is 0 Å². The van der Waals surface area contributed by atoms with Crippen LogP contribution in [0.3, 0.4) is 0 Å². The van der Waals surface area contributed by atoms with Gasteiger partial charge in [0.1, 0.15) is 6.10 Å². The molecule has 1 N–H and O–H groups in total. The first kappa shape index (κ1) is 13.5. The van der Waals surface area contributed by atoms with E-state index >= 15 is 0 Å². The molecule has 0 unspecified atom stereocenters. The molecule has 1 aromatic rings. The number of aromatic nitrogens is 2. The lowest BCUT2D eigenvalue weighted by molar-refractivity contribution is 0.155. The number of piperidine rings is 1. The van der Waals surface area contributed by atoms with Gasteiger partial charge in [0.15, 0.2) is 0 Å². The maximum Gasteiger partial charge on any atom is 0.225 e. The van der Waals surface area contributed by atoms with Crippen LogP contribution in [-0.2, 0) is 0 Å². The van der Waals surface area contributed by atoms with Gasteiger partial charge in [-0.3, -0.25) is 0 Å². The minimum absolute atomic E-state index is 0. The van der Waals surface area contributed by atoms with E-state index in [2.05, 4.69) is 15.3 Å². The fraction of sp³-hybridized carbons (Fsp3) is 0.600. The Bertz CT molecular complexity index is 323. The molecule has 2 rings (SSSR count).